The molecule has 0 saturated carbocycles. The Kier molecular flexibility index (Phi) is 6.49. The molecule has 1 fully saturated rings. The highest BCUT2D eigenvalue weighted by Crippen LogP contribution is 2.16. The molecule has 2 rings (SSSR count). The van der Waals surface area contributed by atoms with Crippen molar-refractivity contribution in [1.82, 2.24) is 5.32 Å². The van der Waals surface area contributed by atoms with Gasteiger partial charge in [-0.1, -0.05) is 6.07 Å². The minimum Gasteiger partial charge on any atom is -0.491 e. The van der Waals surface area contributed by atoms with Gasteiger partial charge in [-0.2, -0.15) is 0 Å². The lowest BCUT2D eigenvalue weighted by Crippen LogP contribution is -2.36. The van der Waals surface area contributed by atoms with Crippen LogP contribution in [0.25, 0.3) is 0 Å². The number of hydrogen-bond donors (Lipinski definition) is 2. The third-order valence-electron chi connectivity index (χ3n) is 3.71. The zero-order valence-corrected chi connectivity index (χ0v) is 13.1. The number of aryl methyl sites for hydroxylation is 2. The molecule has 4 nitrogen and oxygen atoms in total. The molecule has 0 amide bonds. The summed E-state index contributed by atoms with van der Waals surface area (Å²) in [7, 11) is 0. The molecule has 2 unspecified atom stereocenters. The van der Waals surface area contributed by atoms with Crippen molar-refractivity contribution in [1.29, 1.82) is 0 Å². The molecule has 118 valence electrons. The van der Waals surface area contributed by atoms with Crippen LogP contribution >= 0.6 is 0 Å². The predicted octanol–water partition coefficient (Wildman–Crippen LogP) is 2.06. The predicted molar refractivity (Wildman–Crippen MR) is 83.8 cm³/mol. The summed E-state index contributed by atoms with van der Waals surface area (Å²) in [5, 5.41) is 13.3. The molecule has 1 heterocycles. The van der Waals surface area contributed by atoms with Crippen molar-refractivity contribution in [2.45, 2.75) is 32.8 Å². The zero-order valence-electron chi connectivity index (χ0n) is 13.1. The van der Waals surface area contributed by atoms with E-state index in [4.69, 9.17) is 9.47 Å². The molecule has 1 aromatic rings. The van der Waals surface area contributed by atoms with Gasteiger partial charge in [-0.15, -0.1) is 0 Å². The van der Waals surface area contributed by atoms with Crippen LogP contribution in [0.3, 0.4) is 0 Å². The van der Waals surface area contributed by atoms with E-state index in [2.05, 4.69) is 11.4 Å². The van der Waals surface area contributed by atoms with E-state index in [1.165, 1.54) is 17.5 Å². The Balaban J connectivity index is 1.63. The van der Waals surface area contributed by atoms with E-state index in [0.717, 1.165) is 31.9 Å². The number of aliphatic hydroxyl groups excluding tert-OH is 1. The summed E-state index contributed by atoms with van der Waals surface area (Å²) >= 11 is 0. The Labute approximate surface area is 127 Å². The quantitative estimate of drug-likeness (QED) is 0.808. The van der Waals surface area contributed by atoms with Crippen LogP contribution in [0.1, 0.15) is 24.0 Å². The summed E-state index contributed by atoms with van der Waals surface area (Å²) in [5.41, 5.74) is 2.35. The molecule has 0 bridgehead atoms. The highest BCUT2D eigenvalue weighted by Gasteiger charge is 2.14. The van der Waals surface area contributed by atoms with Gasteiger partial charge in [0.2, 0.25) is 0 Å². The molecule has 1 saturated heterocycles. The second-order valence-corrected chi connectivity index (χ2v) is 6.03. The van der Waals surface area contributed by atoms with E-state index in [0.29, 0.717) is 19.1 Å². The molecule has 1 aliphatic rings. The maximum absolute atomic E-state index is 9.96. The Morgan fingerprint density at radius 2 is 2.10 bits per heavy atom. The van der Waals surface area contributed by atoms with Crippen LogP contribution in [0.5, 0.6) is 5.75 Å². The third-order valence-corrected chi connectivity index (χ3v) is 3.71. The first-order valence-corrected chi connectivity index (χ1v) is 7.81. The van der Waals surface area contributed by atoms with Crippen molar-refractivity contribution in [3.63, 3.8) is 0 Å². The van der Waals surface area contributed by atoms with Gasteiger partial charge in [0, 0.05) is 19.7 Å². The first-order valence-electron chi connectivity index (χ1n) is 7.81. The van der Waals surface area contributed by atoms with Crippen LogP contribution < -0.4 is 10.1 Å². The summed E-state index contributed by atoms with van der Waals surface area (Å²) in [5.74, 6) is 1.40. The average molecular weight is 293 g/mol. The summed E-state index contributed by atoms with van der Waals surface area (Å²) < 4.78 is 11.1. The van der Waals surface area contributed by atoms with Gasteiger partial charge in [-0.3, -0.25) is 0 Å². The molecule has 21 heavy (non-hydrogen) atoms. The third kappa shape index (κ3) is 6.04. The summed E-state index contributed by atoms with van der Waals surface area (Å²) in [4.78, 5) is 0. The minimum absolute atomic E-state index is 0.317. The van der Waals surface area contributed by atoms with Gasteiger partial charge in [0.1, 0.15) is 18.5 Å². The van der Waals surface area contributed by atoms with Crippen molar-refractivity contribution in [3.8, 4) is 5.75 Å². The fraction of sp³-hybridized carbons (Fsp3) is 0.647. The van der Waals surface area contributed by atoms with Gasteiger partial charge in [0.15, 0.2) is 0 Å². The molecule has 2 atom stereocenters. The standard InChI is InChI=1S/C17H27NO3/c1-13-6-14(2)8-17(7-13)21-12-16(19)10-18-9-15-4-3-5-20-11-15/h6-8,15-16,18-19H,3-5,9-12H2,1-2H3. The zero-order chi connectivity index (χ0) is 15.1. The smallest absolute Gasteiger partial charge is 0.119 e. The van der Waals surface area contributed by atoms with Gasteiger partial charge in [0.25, 0.3) is 0 Å². The van der Waals surface area contributed by atoms with Crippen LogP contribution in [0.4, 0.5) is 0 Å². The minimum atomic E-state index is -0.490. The highest BCUT2D eigenvalue weighted by atomic mass is 16.5. The normalized spacial score (nSPS) is 20.2. The largest absolute Gasteiger partial charge is 0.491 e. The summed E-state index contributed by atoms with van der Waals surface area (Å²) in [6.07, 6.45) is 1.86. The Morgan fingerprint density at radius 3 is 2.76 bits per heavy atom. The van der Waals surface area contributed by atoms with E-state index >= 15 is 0 Å². The second kappa shape index (κ2) is 8.37. The number of nitrogens with one attached hydrogen (secondary N) is 1. The number of hydrogen-bond acceptors (Lipinski definition) is 4. The van der Waals surface area contributed by atoms with Crippen molar-refractivity contribution in [2.75, 3.05) is 32.9 Å². The van der Waals surface area contributed by atoms with Crippen LogP contribution in [0.15, 0.2) is 18.2 Å². The lowest BCUT2D eigenvalue weighted by atomic mass is 10.0. The molecule has 2 N–H and O–H groups in total. The van der Waals surface area contributed by atoms with E-state index in [1.54, 1.807) is 0 Å². The molecule has 0 spiro atoms. The molecular formula is C17H27NO3. The average Bonchev–Trinajstić information content (AvgIpc) is 2.45. The van der Waals surface area contributed by atoms with Crippen LogP contribution in [-0.2, 0) is 4.74 Å². The summed E-state index contributed by atoms with van der Waals surface area (Å²) in [6, 6.07) is 6.09. The molecule has 0 radical (unpaired) electrons. The molecular weight excluding hydrogens is 266 g/mol. The van der Waals surface area contributed by atoms with Crippen molar-refractivity contribution < 1.29 is 14.6 Å². The lowest BCUT2D eigenvalue weighted by Gasteiger charge is -2.23. The number of ether oxygens (including phenoxy) is 2. The fourth-order valence-electron chi connectivity index (χ4n) is 2.69. The van der Waals surface area contributed by atoms with E-state index < -0.39 is 6.10 Å². The Morgan fingerprint density at radius 1 is 1.33 bits per heavy atom. The van der Waals surface area contributed by atoms with Crippen LogP contribution in [0.2, 0.25) is 0 Å². The van der Waals surface area contributed by atoms with Gasteiger partial charge < -0.3 is 19.9 Å². The van der Waals surface area contributed by atoms with E-state index in [1.807, 2.05) is 26.0 Å². The highest BCUT2D eigenvalue weighted by molar-refractivity contribution is 5.32. The van der Waals surface area contributed by atoms with Crippen molar-refractivity contribution in [2.24, 2.45) is 5.92 Å². The maximum Gasteiger partial charge on any atom is 0.119 e. The molecule has 0 aromatic heterocycles. The van der Waals surface area contributed by atoms with Gasteiger partial charge >= 0.3 is 0 Å². The molecule has 4 heteroatoms. The number of rotatable bonds is 7. The maximum atomic E-state index is 9.96. The van der Waals surface area contributed by atoms with Gasteiger partial charge in [0.05, 0.1) is 6.61 Å². The number of aliphatic hydroxyl groups is 1. The fourth-order valence-corrected chi connectivity index (χ4v) is 2.69. The van der Waals surface area contributed by atoms with Crippen molar-refractivity contribution >= 4 is 0 Å². The van der Waals surface area contributed by atoms with Crippen LogP contribution in [0, 0.1) is 19.8 Å². The topological polar surface area (TPSA) is 50.7 Å². The Bertz CT molecular complexity index is 410. The molecule has 1 aromatic carbocycles. The molecule has 0 aliphatic carbocycles. The van der Waals surface area contributed by atoms with Crippen molar-refractivity contribution in [3.05, 3.63) is 29.3 Å². The van der Waals surface area contributed by atoms with Crippen LogP contribution in [-0.4, -0.2) is 44.1 Å². The second-order valence-electron chi connectivity index (χ2n) is 6.03. The number of benzene rings is 1. The first-order chi connectivity index (χ1) is 10.1. The monoisotopic (exact) mass is 293 g/mol. The van der Waals surface area contributed by atoms with E-state index in [9.17, 15) is 5.11 Å². The van der Waals surface area contributed by atoms with Gasteiger partial charge in [-0.05, 0) is 55.9 Å². The van der Waals surface area contributed by atoms with Gasteiger partial charge in [-0.25, -0.2) is 0 Å². The lowest BCUT2D eigenvalue weighted by molar-refractivity contribution is 0.0516. The summed E-state index contributed by atoms with van der Waals surface area (Å²) in [6.45, 7) is 7.60. The SMILES string of the molecule is Cc1cc(C)cc(OCC(O)CNCC2CCCOC2)c1. The first kappa shape index (κ1) is 16.3. The van der Waals surface area contributed by atoms with E-state index in [-0.39, 0.29) is 0 Å². The Hall–Kier alpha value is -1.10. The molecule has 1 aliphatic heterocycles.